The van der Waals surface area contributed by atoms with Crippen molar-refractivity contribution in [3.8, 4) is 0 Å². The quantitative estimate of drug-likeness (QED) is 0.357. The van der Waals surface area contributed by atoms with E-state index in [0.29, 0.717) is 27.8 Å². The van der Waals surface area contributed by atoms with Gasteiger partial charge in [-0.2, -0.15) is 0 Å². The van der Waals surface area contributed by atoms with Crippen LogP contribution in [-0.4, -0.2) is 73.0 Å². The van der Waals surface area contributed by atoms with Crippen LogP contribution in [0.2, 0.25) is 0 Å². The Morgan fingerprint density at radius 3 is 2.09 bits per heavy atom. The summed E-state index contributed by atoms with van der Waals surface area (Å²) in [6, 6.07) is 10.3. The summed E-state index contributed by atoms with van der Waals surface area (Å²) in [6.45, 7) is 11.2. The topological polar surface area (TPSA) is 174 Å². The predicted octanol–water partition coefficient (Wildman–Crippen LogP) is 4.20. The van der Waals surface area contributed by atoms with E-state index >= 15 is 0 Å². The number of fused-ring (bicyclic) bond motifs is 8. The van der Waals surface area contributed by atoms with Gasteiger partial charge in [-0.1, -0.05) is 0 Å². The van der Waals surface area contributed by atoms with Gasteiger partial charge in [-0.25, -0.2) is 9.97 Å². The molecule has 6 rings (SSSR count). The van der Waals surface area contributed by atoms with Gasteiger partial charge in [0, 0.05) is 42.3 Å². The normalized spacial score (nSPS) is 27.8. The molecule has 3 unspecified atom stereocenters. The monoisotopic (exact) mass is 628 g/mol. The van der Waals surface area contributed by atoms with E-state index in [-0.39, 0.29) is 29.3 Å². The number of aryl methyl sites for hydroxylation is 2. The molecular formula is C34H36N4O8. The number of ketones is 2. The van der Waals surface area contributed by atoms with Gasteiger partial charge in [0.15, 0.2) is 5.78 Å². The summed E-state index contributed by atoms with van der Waals surface area (Å²) in [5.74, 6) is -1.98. The average Bonchev–Trinajstić information content (AvgIpc) is 3.62. The number of Topliss-reactive ketones (excluding diaryl/α,β-unsaturated/α-hetero) is 2. The van der Waals surface area contributed by atoms with E-state index in [9.17, 15) is 24.3 Å². The molecule has 3 N–H and O–H groups in total. The largest absolute Gasteiger partial charge is 0.460 e. The number of aliphatic hydroxyl groups excluding tert-OH is 1. The van der Waals surface area contributed by atoms with Crippen molar-refractivity contribution in [2.75, 3.05) is 0 Å². The standard InChI is InChI=1S/C34H36N4O8/c1-15-9-21-11-28-33(6,32-27(45-18(4)39)14-26(41)17(3)44-32)30(42)24(37-28)10-20-8-16(2)23(35-20)13-29-34(7,46-19(5)40)31(43)25(38-29)12-22(15)36-21/h8-13,17,26-27,32,35-36,41H,14H2,1-7H3/t17-,26-,27-,32?,33?,34?/m1/s1. The minimum absolute atomic E-state index is 0.0948. The van der Waals surface area contributed by atoms with E-state index < -0.39 is 53.2 Å². The molecule has 3 aliphatic heterocycles. The molecule has 46 heavy (non-hydrogen) atoms. The first-order valence-electron chi connectivity index (χ1n) is 15.1. The molecule has 240 valence electrons. The molecule has 8 bridgehead atoms. The van der Waals surface area contributed by atoms with Gasteiger partial charge in [-0.05, 0) is 82.1 Å². The van der Waals surface area contributed by atoms with Gasteiger partial charge in [-0.3, -0.25) is 19.2 Å². The molecule has 1 saturated heterocycles. The van der Waals surface area contributed by atoms with Crippen molar-refractivity contribution in [2.24, 2.45) is 0 Å². The molecule has 3 aromatic rings. The summed E-state index contributed by atoms with van der Waals surface area (Å²) in [5, 5.41) is 10.6. The second-order valence-corrected chi connectivity index (χ2v) is 12.7. The van der Waals surface area contributed by atoms with Gasteiger partial charge in [0.25, 0.3) is 0 Å². The van der Waals surface area contributed by atoms with Crippen molar-refractivity contribution in [2.45, 2.75) is 90.3 Å². The number of nitrogens with one attached hydrogen (secondary N) is 2. The highest BCUT2D eigenvalue weighted by molar-refractivity contribution is 6.06. The number of esters is 2. The van der Waals surface area contributed by atoms with Crippen LogP contribution in [0.15, 0.2) is 36.4 Å². The first kappa shape index (κ1) is 31.3. The number of aliphatic hydroxyl groups is 1. The van der Waals surface area contributed by atoms with Crippen LogP contribution < -0.4 is 0 Å². The molecule has 0 aromatic carbocycles. The third-order valence-corrected chi connectivity index (χ3v) is 9.12. The maximum atomic E-state index is 14.4. The van der Waals surface area contributed by atoms with Crippen LogP contribution in [-0.2, 0) is 34.8 Å². The smallest absolute Gasteiger partial charge is 0.304 e. The Labute approximate surface area is 264 Å². The molecule has 12 nitrogen and oxygen atoms in total. The summed E-state index contributed by atoms with van der Waals surface area (Å²) in [7, 11) is 0. The molecule has 0 aliphatic carbocycles. The van der Waals surface area contributed by atoms with E-state index in [4.69, 9.17) is 19.2 Å². The number of H-pyrrole nitrogens is 2. The van der Waals surface area contributed by atoms with Crippen molar-refractivity contribution in [1.29, 1.82) is 0 Å². The molecule has 0 radical (unpaired) electrons. The third kappa shape index (κ3) is 5.11. The number of nitrogens with zero attached hydrogens (tertiary/aromatic N) is 2. The van der Waals surface area contributed by atoms with Crippen molar-refractivity contribution >= 4 is 45.6 Å². The van der Waals surface area contributed by atoms with Gasteiger partial charge in [0.05, 0.1) is 23.6 Å². The second-order valence-electron chi connectivity index (χ2n) is 12.7. The molecule has 3 aliphatic rings. The SMILES string of the molecule is CC(=O)O[C@@H]1C[C@@H](O)[C@@H](C)OC1C1(C)C(=O)c2cc3cc(C)c(cc4nc(cc5[nH]c(cc1n2)cc5C)C(=O)C4(C)OC(C)=O)[nH]3. The zero-order valence-electron chi connectivity index (χ0n) is 26.7. The van der Waals surface area contributed by atoms with Crippen LogP contribution in [0.4, 0.5) is 0 Å². The number of carbonyl (C=O) groups excluding carboxylic acids is 4. The van der Waals surface area contributed by atoms with Crippen LogP contribution >= 0.6 is 0 Å². The maximum Gasteiger partial charge on any atom is 0.304 e. The molecule has 6 heterocycles. The first-order chi connectivity index (χ1) is 21.6. The highest BCUT2D eigenvalue weighted by Gasteiger charge is 2.56. The number of ether oxygens (including phenoxy) is 3. The van der Waals surface area contributed by atoms with Crippen molar-refractivity contribution in [3.63, 3.8) is 0 Å². The lowest BCUT2D eigenvalue weighted by atomic mass is 9.73. The fourth-order valence-corrected chi connectivity index (χ4v) is 6.56. The van der Waals surface area contributed by atoms with E-state index in [0.717, 1.165) is 11.1 Å². The average molecular weight is 629 g/mol. The van der Waals surface area contributed by atoms with Gasteiger partial charge in [0.1, 0.15) is 29.0 Å². The molecule has 3 aromatic heterocycles. The van der Waals surface area contributed by atoms with E-state index in [1.54, 1.807) is 38.1 Å². The number of hydrogen-bond acceptors (Lipinski definition) is 10. The van der Waals surface area contributed by atoms with E-state index in [1.807, 2.05) is 26.0 Å². The highest BCUT2D eigenvalue weighted by atomic mass is 16.6. The van der Waals surface area contributed by atoms with Crippen LogP contribution in [0.25, 0.3) is 22.1 Å². The Hall–Kier alpha value is -4.68. The zero-order valence-corrected chi connectivity index (χ0v) is 26.7. The summed E-state index contributed by atoms with van der Waals surface area (Å²) in [5.41, 5.74) is 1.75. The zero-order chi connectivity index (χ0) is 33.3. The first-order valence-corrected chi connectivity index (χ1v) is 15.1. The molecule has 12 heteroatoms. The van der Waals surface area contributed by atoms with Crippen LogP contribution in [0.5, 0.6) is 0 Å². The lowest BCUT2D eigenvalue weighted by Gasteiger charge is -2.44. The van der Waals surface area contributed by atoms with E-state index in [2.05, 4.69) is 15.0 Å². The van der Waals surface area contributed by atoms with E-state index in [1.165, 1.54) is 20.8 Å². The van der Waals surface area contributed by atoms with Gasteiger partial charge < -0.3 is 29.3 Å². The number of aromatic nitrogens is 4. The number of hydrogen-bond donors (Lipinski definition) is 3. The molecule has 0 spiro atoms. The minimum atomic E-state index is -1.64. The summed E-state index contributed by atoms with van der Waals surface area (Å²) in [6.07, 6.45) is -3.27. The van der Waals surface area contributed by atoms with Crippen LogP contribution in [0.3, 0.4) is 0 Å². The highest BCUT2D eigenvalue weighted by Crippen LogP contribution is 2.42. The number of aromatic amines is 2. The van der Waals surface area contributed by atoms with Gasteiger partial charge in [-0.15, -0.1) is 0 Å². The fourth-order valence-electron chi connectivity index (χ4n) is 6.56. The van der Waals surface area contributed by atoms with Crippen LogP contribution in [0.1, 0.15) is 84.5 Å². The second kappa shape index (κ2) is 11.0. The third-order valence-electron chi connectivity index (χ3n) is 9.12. The van der Waals surface area contributed by atoms with Gasteiger partial charge in [0.2, 0.25) is 11.4 Å². The lowest BCUT2D eigenvalue weighted by molar-refractivity contribution is -0.197. The number of carbonyl (C=O) groups is 4. The fraction of sp³-hybridized carbons (Fsp3) is 0.412. The van der Waals surface area contributed by atoms with Crippen molar-refractivity contribution in [1.82, 2.24) is 19.9 Å². The Kier molecular flexibility index (Phi) is 7.48. The van der Waals surface area contributed by atoms with Crippen molar-refractivity contribution in [3.05, 3.63) is 70.3 Å². The molecule has 0 amide bonds. The Morgan fingerprint density at radius 1 is 0.870 bits per heavy atom. The minimum Gasteiger partial charge on any atom is -0.460 e. The summed E-state index contributed by atoms with van der Waals surface area (Å²) < 4.78 is 17.4. The molecule has 0 saturated carbocycles. The Balaban J connectivity index is 1.64. The summed E-state index contributed by atoms with van der Waals surface area (Å²) in [4.78, 5) is 68.2. The number of rotatable bonds is 3. The lowest BCUT2D eigenvalue weighted by Crippen LogP contribution is -2.57. The van der Waals surface area contributed by atoms with Crippen LogP contribution in [0, 0.1) is 13.8 Å². The van der Waals surface area contributed by atoms with Crippen molar-refractivity contribution < 1.29 is 38.5 Å². The van der Waals surface area contributed by atoms with Gasteiger partial charge >= 0.3 is 11.9 Å². The maximum absolute atomic E-state index is 14.4. The molecule has 1 fully saturated rings. The molecule has 6 atom stereocenters. The Bertz CT molecular complexity index is 1980. The Morgan fingerprint density at radius 2 is 1.46 bits per heavy atom. The molecular weight excluding hydrogens is 592 g/mol. The predicted molar refractivity (Wildman–Crippen MR) is 166 cm³/mol. The summed E-state index contributed by atoms with van der Waals surface area (Å²) >= 11 is 0.